The highest BCUT2D eigenvalue weighted by molar-refractivity contribution is 5.95. The lowest BCUT2D eigenvalue weighted by atomic mass is 10.1. The number of aliphatic carboxylic acids is 1. The number of nitrogens with one attached hydrogen (secondary N) is 1. The van der Waals surface area contributed by atoms with Gasteiger partial charge >= 0.3 is 5.97 Å². The molecular formula is C12H15NO5. The van der Waals surface area contributed by atoms with Crippen molar-refractivity contribution in [2.45, 2.75) is 13.3 Å². The van der Waals surface area contributed by atoms with Crippen LogP contribution in [0, 0.1) is 5.92 Å². The lowest BCUT2D eigenvalue weighted by molar-refractivity contribution is -0.141. The summed E-state index contributed by atoms with van der Waals surface area (Å²) < 4.78 is 0. The summed E-state index contributed by atoms with van der Waals surface area (Å²) in [6.45, 7) is 1.71. The number of rotatable bonds is 5. The predicted molar refractivity (Wildman–Crippen MR) is 63.5 cm³/mol. The van der Waals surface area contributed by atoms with Gasteiger partial charge in [0.1, 0.15) is 11.5 Å². The van der Waals surface area contributed by atoms with E-state index in [0.717, 1.165) is 6.07 Å². The van der Waals surface area contributed by atoms with Crippen molar-refractivity contribution >= 4 is 11.9 Å². The first-order valence-electron chi connectivity index (χ1n) is 5.48. The summed E-state index contributed by atoms with van der Waals surface area (Å²) in [6.07, 6.45) is 0.404. The molecule has 0 spiro atoms. The van der Waals surface area contributed by atoms with Crippen LogP contribution < -0.4 is 5.32 Å². The van der Waals surface area contributed by atoms with Crippen LogP contribution in [0.4, 0.5) is 0 Å². The highest BCUT2D eigenvalue weighted by Gasteiger charge is 2.16. The van der Waals surface area contributed by atoms with E-state index in [2.05, 4.69) is 5.32 Å². The van der Waals surface area contributed by atoms with Crippen molar-refractivity contribution in [3.63, 3.8) is 0 Å². The third-order valence-electron chi connectivity index (χ3n) is 2.52. The fourth-order valence-corrected chi connectivity index (χ4v) is 1.45. The van der Waals surface area contributed by atoms with Crippen molar-refractivity contribution in [2.75, 3.05) is 6.54 Å². The molecule has 0 aromatic heterocycles. The Labute approximate surface area is 104 Å². The van der Waals surface area contributed by atoms with Crippen LogP contribution in [0.1, 0.15) is 23.7 Å². The summed E-state index contributed by atoms with van der Waals surface area (Å²) in [6, 6.07) is 3.48. The third-order valence-corrected chi connectivity index (χ3v) is 2.52. The van der Waals surface area contributed by atoms with Gasteiger partial charge in [-0.1, -0.05) is 6.92 Å². The lowest BCUT2D eigenvalue weighted by Crippen LogP contribution is -2.32. The number of phenols is 2. The Morgan fingerprint density at radius 1 is 1.22 bits per heavy atom. The molecule has 4 N–H and O–H groups in total. The first-order valence-corrected chi connectivity index (χ1v) is 5.48. The van der Waals surface area contributed by atoms with Crippen LogP contribution in [0.5, 0.6) is 11.5 Å². The molecule has 18 heavy (non-hydrogen) atoms. The van der Waals surface area contributed by atoms with Crippen molar-refractivity contribution in [1.29, 1.82) is 0 Å². The number of carboxylic acids is 1. The van der Waals surface area contributed by atoms with E-state index in [1.807, 2.05) is 0 Å². The van der Waals surface area contributed by atoms with Gasteiger partial charge in [-0.15, -0.1) is 0 Å². The van der Waals surface area contributed by atoms with Gasteiger partial charge in [-0.25, -0.2) is 0 Å². The second-order valence-corrected chi connectivity index (χ2v) is 3.89. The molecule has 1 unspecified atom stereocenters. The van der Waals surface area contributed by atoms with E-state index in [0.29, 0.717) is 6.42 Å². The molecule has 0 aliphatic heterocycles. The minimum Gasteiger partial charge on any atom is -0.508 e. The molecule has 0 bridgehead atoms. The second kappa shape index (κ2) is 5.90. The summed E-state index contributed by atoms with van der Waals surface area (Å²) in [7, 11) is 0. The van der Waals surface area contributed by atoms with Crippen LogP contribution in [0.15, 0.2) is 18.2 Å². The Balaban J connectivity index is 2.68. The van der Waals surface area contributed by atoms with Gasteiger partial charge in [0.05, 0.1) is 5.92 Å². The Morgan fingerprint density at radius 3 is 2.22 bits per heavy atom. The first-order chi connectivity index (χ1) is 8.43. The molecule has 1 aromatic carbocycles. The highest BCUT2D eigenvalue weighted by atomic mass is 16.4. The van der Waals surface area contributed by atoms with Crippen LogP contribution in [-0.4, -0.2) is 33.7 Å². The molecule has 0 radical (unpaired) electrons. The van der Waals surface area contributed by atoms with Gasteiger partial charge in [-0.3, -0.25) is 9.59 Å². The Kier molecular flexibility index (Phi) is 4.53. The summed E-state index contributed by atoms with van der Waals surface area (Å²) >= 11 is 0. The maximum Gasteiger partial charge on any atom is 0.308 e. The molecule has 0 aliphatic rings. The van der Waals surface area contributed by atoms with Gasteiger partial charge in [0.25, 0.3) is 5.91 Å². The van der Waals surface area contributed by atoms with Crippen molar-refractivity contribution in [1.82, 2.24) is 5.32 Å². The molecule has 1 amide bonds. The molecule has 0 heterocycles. The molecule has 1 atom stereocenters. The zero-order valence-electron chi connectivity index (χ0n) is 9.88. The number of carbonyl (C=O) groups excluding carboxylic acids is 1. The van der Waals surface area contributed by atoms with Gasteiger partial charge in [0.15, 0.2) is 0 Å². The average molecular weight is 253 g/mol. The van der Waals surface area contributed by atoms with Gasteiger partial charge < -0.3 is 20.6 Å². The Bertz CT molecular complexity index is 438. The molecule has 0 saturated carbocycles. The number of hydrogen-bond acceptors (Lipinski definition) is 4. The molecule has 6 heteroatoms. The largest absolute Gasteiger partial charge is 0.508 e. The Morgan fingerprint density at radius 2 is 1.78 bits per heavy atom. The molecule has 98 valence electrons. The SMILES string of the molecule is CCC(CNC(=O)c1cc(O)cc(O)c1)C(=O)O. The smallest absolute Gasteiger partial charge is 0.308 e. The van der Waals surface area contributed by atoms with Crippen molar-refractivity contribution < 1.29 is 24.9 Å². The zero-order chi connectivity index (χ0) is 13.7. The molecule has 0 saturated heterocycles. The van der Waals surface area contributed by atoms with E-state index in [9.17, 15) is 19.8 Å². The van der Waals surface area contributed by atoms with Gasteiger partial charge in [0.2, 0.25) is 0 Å². The van der Waals surface area contributed by atoms with Gasteiger partial charge in [-0.05, 0) is 18.6 Å². The number of aromatic hydroxyl groups is 2. The van der Waals surface area contributed by atoms with Crippen LogP contribution in [-0.2, 0) is 4.79 Å². The quantitative estimate of drug-likeness (QED) is 0.624. The van der Waals surface area contributed by atoms with Crippen molar-refractivity contribution in [3.05, 3.63) is 23.8 Å². The van der Waals surface area contributed by atoms with E-state index in [4.69, 9.17) is 5.11 Å². The van der Waals surface area contributed by atoms with E-state index in [1.54, 1.807) is 6.92 Å². The highest BCUT2D eigenvalue weighted by Crippen LogP contribution is 2.20. The molecule has 1 rings (SSSR count). The summed E-state index contributed by atoms with van der Waals surface area (Å²) in [5.74, 6) is -2.63. The van der Waals surface area contributed by atoms with Gasteiger partial charge in [-0.2, -0.15) is 0 Å². The maximum atomic E-state index is 11.7. The van der Waals surface area contributed by atoms with Crippen LogP contribution in [0.2, 0.25) is 0 Å². The predicted octanol–water partition coefficient (Wildman–Crippen LogP) is 0.938. The fourth-order valence-electron chi connectivity index (χ4n) is 1.45. The van der Waals surface area contributed by atoms with Crippen LogP contribution >= 0.6 is 0 Å². The number of amides is 1. The lowest BCUT2D eigenvalue weighted by Gasteiger charge is -2.11. The molecule has 6 nitrogen and oxygen atoms in total. The number of carboxylic acid groups (broad SMARTS) is 1. The topological polar surface area (TPSA) is 107 Å². The standard InChI is InChI=1S/C12H15NO5/c1-2-7(12(17)18)6-13-11(16)8-3-9(14)5-10(15)4-8/h3-5,7,14-15H,2,6H2,1H3,(H,13,16)(H,17,18). The second-order valence-electron chi connectivity index (χ2n) is 3.89. The summed E-state index contributed by atoms with van der Waals surface area (Å²) in [5.41, 5.74) is 0.0766. The first kappa shape index (κ1) is 13.8. The molecule has 0 fully saturated rings. The average Bonchev–Trinajstić information content (AvgIpc) is 2.27. The number of hydrogen-bond donors (Lipinski definition) is 4. The Hall–Kier alpha value is -2.24. The van der Waals surface area contributed by atoms with E-state index in [-0.39, 0.29) is 23.6 Å². The molecule has 0 aliphatic carbocycles. The maximum absolute atomic E-state index is 11.7. The van der Waals surface area contributed by atoms with Crippen LogP contribution in [0.3, 0.4) is 0 Å². The van der Waals surface area contributed by atoms with E-state index in [1.165, 1.54) is 12.1 Å². The number of phenolic OH excluding ortho intramolecular Hbond substituents is 2. The van der Waals surface area contributed by atoms with Crippen molar-refractivity contribution in [3.8, 4) is 11.5 Å². The molecule has 1 aromatic rings. The van der Waals surface area contributed by atoms with Crippen molar-refractivity contribution in [2.24, 2.45) is 5.92 Å². The van der Waals surface area contributed by atoms with E-state index < -0.39 is 17.8 Å². The van der Waals surface area contributed by atoms with E-state index >= 15 is 0 Å². The zero-order valence-corrected chi connectivity index (χ0v) is 9.88. The third kappa shape index (κ3) is 3.65. The fraction of sp³-hybridized carbons (Fsp3) is 0.333. The number of benzene rings is 1. The minimum atomic E-state index is -0.975. The monoisotopic (exact) mass is 253 g/mol. The van der Waals surface area contributed by atoms with Crippen LogP contribution in [0.25, 0.3) is 0 Å². The normalized spacial score (nSPS) is 11.8. The van der Waals surface area contributed by atoms with Gasteiger partial charge in [0, 0.05) is 18.2 Å². The summed E-state index contributed by atoms with van der Waals surface area (Å²) in [4.78, 5) is 22.4. The number of carbonyl (C=O) groups is 2. The summed E-state index contributed by atoms with van der Waals surface area (Å²) in [5, 5.41) is 29.7. The molecular weight excluding hydrogens is 238 g/mol. The minimum absolute atomic E-state index is 0.00108.